The van der Waals surface area contributed by atoms with Crippen molar-refractivity contribution in [1.29, 1.82) is 0 Å². The standard InChI is InChI=1S/C13H17N3O4S/c1-21(19,20)11-5-8(4-9(14)6-11)13(18)15-7-12(17)16-10-2-3-10/h4-6,10H,2-3,7,14H2,1H3,(H,15,18)(H,16,17). The molecule has 4 N–H and O–H groups in total. The van der Waals surface area contributed by atoms with Crippen molar-refractivity contribution < 1.29 is 18.0 Å². The predicted molar refractivity (Wildman–Crippen MR) is 77.5 cm³/mol. The molecule has 0 aromatic heterocycles. The number of carbonyl (C=O) groups excluding carboxylic acids is 2. The van der Waals surface area contributed by atoms with Crippen molar-refractivity contribution in [3.05, 3.63) is 23.8 Å². The molecule has 1 fully saturated rings. The summed E-state index contributed by atoms with van der Waals surface area (Å²) in [6.45, 7) is -0.154. The summed E-state index contributed by atoms with van der Waals surface area (Å²) in [5.41, 5.74) is 5.88. The van der Waals surface area contributed by atoms with Crippen LogP contribution in [0, 0.1) is 0 Å². The third-order valence-corrected chi connectivity index (χ3v) is 4.06. The largest absolute Gasteiger partial charge is 0.399 e. The van der Waals surface area contributed by atoms with E-state index in [4.69, 9.17) is 5.73 Å². The predicted octanol–water partition coefficient (Wildman–Crippen LogP) is -0.319. The molecule has 1 aliphatic carbocycles. The summed E-state index contributed by atoms with van der Waals surface area (Å²) in [5, 5.41) is 5.17. The summed E-state index contributed by atoms with van der Waals surface area (Å²) in [6, 6.07) is 4.10. The van der Waals surface area contributed by atoms with Crippen molar-refractivity contribution in [2.24, 2.45) is 0 Å². The van der Waals surface area contributed by atoms with Gasteiger partial charge >= 0.3 is 0 Å². The van der Waals surface area contributed by atoms with Gasteiger partial charge in [0, 0.05) is 23.5 Å². The number of amides is 2. The number of sulfone groups is 1. The summed E-state index contributed by atoms with van der Waals surface area (Å²) in [7, 11) is -3.46. The molecule has 0 radical (unpaired) electrons. The van der Waals surface area contributed by atoms with E-state index in [0.717, 1.165) is 19.1 Å². The number of rotatable bonds is 5. The Morgan fingerprint density at radius 1 is 1.29 bits per heavy atom. The van der Waals surface area contributed by atoms with Gasteiger partial charge in [-0.2, -0.15) is 0 Å². The smallest absolute Gasteiger partial charge is 0.251 e. The number of hydrogen-bond donors (Lipinski definition) is 3. The van der Waals surface area contributed by atoms with Crippen LogP contribution in [0.5, 0.6) is 0 Å². The Balaban J connectivity index is 2.04. The molecule has 1 aliphatic rings. The lowest BCUT2D eigenvalue weighted by molar-refractivity contribution is -0.120. The molecule has 0 bridgehead atoms. The van der Waals surface area contributed by atoms with Crippen LogP contribution in [0.2, 0.25) is 0 Å². The van der Waals surface area contributed by atoms with Gasteiger partial charge in [0.2, 0.25) is 5.91 Å². The van der Waals surface area contributed by atoms with Gasteiger partial charge in [0.15, 0.2) is 9.84 Å². The summed E-state index contributed by atoms with van der Waals surface area (Å²) < 4.78 is 23.0. The van der Waals surface area contributed by atoms with Crippen LogP contribution < -0.4 is 16.4 Å². The monoisotopic (exact) mass is 311 g/mol. The Labute approximate surface area is 122 Å². The molecule has 0 heterocycles. The van der Waals surface area contributed by atoms with Crippen LogP contribution in [0.15, 0.2) is 23.1 Å². The third kappa shape index (κ3) is 4.45. The van der Waals surface area contributed by atoms with Crippen LogP contribution in [0.1, 0.15) is 23.2 Å². The molecule has 7 nitrogen and oxygen atoms in total. The van der Waals surface area contributed by atoms with Crippen LogP contribution in [-0.2, 0) is 14.6 Å². The van der Waals surface area contributed by atoms with Crippen LogP contribution in [0.3, 0.4) is 0 Å². The van der Waals surface area contributed by atoms with Gasteiger partial charge in [-0.3, -0.25) is 9.59 Å². The number of hydrogen-bond acceptors (Lipinski definition) is 5. The van der Waals surface area contributed by atoms with Gasteiger partial charge in [-0.25, -0.2) is 8.42 Å². The molecule has 0 atom stereocenters. The highest BCUT2D eigenvalue weighted by atomic mass is 32.2. The zero-order valence-corrected chi connectivity index (χ0v) is 12.4. The van der Waals surface area contributed by atoms with Gasteiger partial charge < -0.3 is 16.4 Å². The zero-order chi connectivity index (χ0) is 15.6. The Bertz CT molecular complexity index is 681. The number of nitrogens with two attached hydrogens (primary N) is 1. The van der Waals surface area contributed by atoms with Gasteiger partial charge in [0.25, 0.3) is 5.91 Å². The second-order valence-electron chi connectivity index (χ2n) is 5.09. The average Bonchev–Trinajstić information content (AvgIpc) is 3.18. The molecule has 8 heteroatoms. The molecule has 0 aliphatic heterocycles. The molecule has 0 saturated heterocycles. The second kappa shape index (κ2) is 5.72. The molecule has 0 unspecified atom stereocenters. The van der Waals surface area contributed by atoms with E-state index in [2.05, 4.69) is 10.6 Å². The van der Waals surface area contributed by atoms with Gasteiger partial charge in [0.05, 0.1) is 11.4 Å². The van der Waals surface area contributed by atoms with E-state index in [9.17, 15) is 18.0 Å². The van der Waals surface area contributed by atoms with E-state index in [-0.39, 0.29) is 34.6 Å². The fourth-order valence-electron chi connectivity index (χ4n) is 1.74. The van der Waals surface area contributed by atoms with E-state index < -0.39 is 15.7 Å². The number of carbonyl (C=O) groups is 2. The number of anilines is 1. The van der Waals surface area contributed by atoms with Crippen molar-refractivity contribution in [2.75, 3.05) is 18.5 Å². The second-order valence-corrected chi connectivity index (χ2v) is 7.10. The van der Waals surface area contributed by atoms with Crippen molar-refractivity contribution in [3.8, 4) is 0 Å². The molecule has 1 saturated carbocycles. The normalized spacial score (nSPS) is 14.5. The molecular weight excluding hydrogens is 294 g/mol. The molecule has 21 heavy (non-hydrogen) atoms. The van der Waals surface area contributed by atoms with E-state index in [1.54, 1.807) is 0 Å². The summed E-state index contributed by atoms with van der Waals surface area (Å²) >= 11 is 0. The maximum atomic E-state index is 11.9. The van der Waals surface area contributed by atoms with Crippen LogP contribution in [0.25, 0.3) is 0 Å². The summed E-state index contributed by atoms with van der Waals surface area (Å²) in [4.78, 5) is 23.4. The lowest BCUT2D eigenvalue weighted by Crippen LogP contribution is -2.37. The molecule has 2 amide bonds. The first-order chi connectivity index (χ1) is 9.75. The van der Waals surface area contributed by atoms with Gasteiger partial charge in [0.1, 0.15) is 0 Å². The molecule has 2 rings (SSSR count). The highest BCUT2D eigenvalue weighted by molar-refractivity contribution is 7.90. The lowest BCUT2D eigenvalue weighted by atomic mass is 10.2. The molecular formula is C13H17N3O4S. The highest BCUT2D eigenvalue weighted by Gasteiger charge is 2.23. The average molecular weight is 311 g/mol. The maximum Gasteiger partial charge on any atom is 0.251 e. The third-order valence-electron chi connectivity index (χ3n) is 2.97. The highest BCUT2D eigenvalue weighted by Crippen LogP contribution is 2.18. The number of nitrogens with one attached hydrogen (secondary N) is 2. The Morgan fingerprint density at radius 3 is 2.52 bits per heavy atom. The minimum absolute atomic E-state index is 0.0323. The van der Waals surface area contributed by atoms with E-state index in [1.165, 1.54) is 18.2 Å². The molecule has 114 valence electrons. The van der Waals surface area contributed by atoms with E-state index in [1.807, 2.05) is 0 Å². The summed E-state index contributed by atoms with van der Waals surface area (Å²) in [5.74, 6) is -0.809. The molecule has 1 aromatic rings. The zero-order valence-electron chi connectivity index (χ0n) is 11.5. The van der Waals surface area contributed by atoms with Crippen LogP contribution >= 0.6 is 0 Å². The van der Waals surface area contributed by atoms with Crippen molar-refractivity contribution in [3.63, 3.8) is 0 Å². The van der Waals surface area contributed by atoms with Crippen molar-refractivity contribution >= 4 is 27.3 Å². The fourth-order valence-corrected chi connectivity index (χ4v) is 2.43. The van der Waals surface area contributed by atoms with Gasteiger partial charge in [-0.05, 0) is 31.0 Å². The number of benzene rings is 1. The number of nitrogen functional groups attached to an aromatic ring is 1. The van der Waals surface area contributed by atoms with Crippen LogP contribution in [-0.4, -0.2) is 39.1 Å². The maximum absolute atomic E-state index is 11.9. The minimum Gasteiger partial charge on any atom is -0.399 e. The fraction of sp³-hybridized carbons (Fsp3) is 0.385. The Hall–Kier alpha value is -2.09. The quantitative estimate of drug-likeness (QED) is 0.644. The minimum atomic E-state index is -3.46. The Morgan fingerprint density at radius 2 is 1.95 bits per heavy atom. The van der Waals surface area contributed by atoms with Gasteiger partial charge in [-0.1, -0.05) is 0 Å². The van der Waals surface area contributed by atoms with Crippen molar-refractivity contribution in [2.45, 2.75) is 23.8 Å². The SMILES string of the molecule is CS(=O)(=O)c1cc(N)cc(C(=O)NCC(=O)NC2CC2)c1. The van der Waals surface area contributed by atoms with Gasteiger partial charge in [-0.15, -0.1) is 0 Å². The van der Waals surface area contributed by atoms with Crippen LogP contribution in [0.4, 0.5) is 5.69 Å². The van der Waals surface area contributed by atoms with E-state index in [0.29, 0.717) is 0 Å². The Kier molecular flexibility index (Phi) is 4.17. The molecule has 1 aromatic carbocycles. The van der Waals surface area contributed by atoms with E-state index >= 15 is 0 Å². The first-order valence-electron chi connectivity index (χ1n) is 6.44. The summed E-state index contributed by atoms with van der Waals surface area (Å²) in [6.07, 6.45) is 2.96. The first-order valence-corrected chi connectivity index (χ1v) is 8.33. The lowest BCUT2D eigenvalue weighted by Gasteiger charge is -2.08. The topological polar surface area (TPSA) is 118 Å². The molecule has 0 spiro atoms. The first kappa shape index (κ1) is 15.3. The van der Waals surface area contributed by atoms with Crippen molar-refractivity contribution in [1.82, 2.24) is 10.6 Å².